The minimum atomic E-state index is -3.59. The number of rotatable bonds is 6. The molecule has 114 valence electrons. The molecule has 0 atom stereocenters. The summed E-state index contributed by atoms with van der Waals surface area (Å²) in [5.74, 6) is 0. The van der Waals surface area contributed by atoms with E-state index in [1.54, 1.807) is 20.1 Å². The first-order valence-electron chi connectivity index (χ1n) is 6.28. The first kappa shape index (κ1) is 17.4. The number of hydrogen-bond donors (Lipinski definition) is 1. The summed E-state index contributed by atoms with van der Waals surface area (Å²) in [5, 5.41) is 0. The molecular formula is C13H21BrN2O3S. The first-order chi connectivity index (χ1) is 9.21. The Morgan fingerprint density at radius 1 is 1.40 bits per heavy atom. The maximum Gasteiger partial charge on any atom is 0.243 e. The van der Waals surface area contributed by atoms with Gasteiger partial charge in [-0.25, -0.2) is 8.42 Å². The van der Waals surface area contributed by atoms with Crippen molar-refractivity contribution in [1.82, 2.24) is 4.31 Å². The number of anilines is 1. The molecule has 20 heavy (non-hydrogen) atoms. The summed E-state index contributed by atoms with van der Waals surface area (Å²) >= 11 is 3.30. The summed E-state index contributed by atoms with van der Waals surface area (Å²) in [7, 11) is -2.04. The van der Waals surface area contributed by atoms with Crippen LogP contribution in [0.1, 0.15) is 19.4 Å². The molecule has 5 nitrogen and oxygen atoms in total. The molecule has 0 amide bonds. The second-order valence-electron chi connectivity index (χ2n) is 4.84. The molecule has 0 radical (unpaired) electrons. The first-order valence-corrected chi connectivity index (χ1v) is 8.51. The van der Waals surface area contributed by atoms with Crippen molar-refractivity contribution in [3.63, 3.8) is 0 Å². The van der Waals surface area contributed by atoms with Crippen molar-refractivity contribution in [2.75, 3.05) is 26.0 Å². The van der Waals surface area contributed by atoms with E-state index in [2.05, 4.69) is 15.9 Å². The van der Waals surface area contributed by atoms with Gasteiger partial charge in [-0.05, 0) is 54.4 Å². The van der Waals surface area contributed by atoms with Crippen molar-refractivity contribution in [2.45, 2.75) is 31.7 Å². The van der Waals surface area contributed by atoms with Gasteiger partial charge in [-0.15, -0.1) is 0 Å². The van der Waals surface area contributed by atoms with Crippen LogP contribution in [0.25, 0.3) is 0 Å². The molecule has 0 bridgehead atoms. The van der Waals surface area contributed by atoms with Crippen LogP contribution in [0.15, 0.2) is 21.5 Å². The van der Waals surface area contributed by atoms with Gasteiger partial charge >= 0.3 is 0 Å². The van der Waals surface area contributed by atoms with E-state index in [0.29, 0.717) is 28.9 Å². The smallest absolute Gasteiger partial charge is 0.243 e. The van der Waals surface area contributed by atoms with Gasteiger partial charge in [0.05, 0.1) is 11.5 Å². The minimum absolute atomic E-state index is 0.153. The van der Waals surface area contributed by atoms with Gasteiger partial charge in [0.1, 0.15) is 0 Å². The van der Waals surface area contributed by atoms with E-state index in [1.165, 1.54) is 10.4 Å². The lowest BCUT2D eigenvalue weighted by Gasteiger charge is -2.26. The normalized spacial score (nSPS) is 12.3. The lowest BCUT2D eigenvalue weighted by atomic mass is 10.2. The molecule has 0 fully saturated rings. The zero-order chi connectivity index (χ0) is 15.5. The second-order valence-corrected chi connectivity index (χ2v) is 7.55. The highest BCUT2D eigenvalue weighted by Crippen LogP contribution is 2.29. The highest BCUT2D eigenvalue weighted by atomic mass is 79.9. The standard InChI is InChI=1S/C13H21BrN2O3S/c1-9(2)16(5-6-19-4)20(17,18)13-8-12(15)11(14)7-10(13)3/h7-9H,5-6,15H2,1-4H3. The monoisotopic (exact) mass is 364 g/mol. The summed E-state index contributed by atoms with van der Waals surface area (Å²) in [6, 6.07) is 3.06. The Morgan fingerprint density at radius 3 is 2.50 bits per heavy atom. The molecule has 0 aliphatic heterocycles. The van der Waals surface area contributed by atoms with Gasteiger partial charge in [0, 0.05) is 29.9 Å². The number of hydrogen-bond acceptors (Lipinski definition) is 4. The maximum absolute atomic E-state index is 12.8. The van der Waals surface area contributed by atoms with Gasteiger partial charge < -0.3 is 10.5 Å². The maximum atomic E-state index is 12.8. The van der Waals surface area contributed by atoms with Gasteiger partial charge in [0.2, 0.25) is 10.0 Å². The van der Waals surface area contributed by atoms with Gasteiger partial charge in [0.25, 0.3) is 0 Å². The summed E-state index contributed by atoms with van der Waals surface area (Å²) < 4.78 is 32.6. The molecular weight excluding hydrogens is 344 g/mol. The molecule has 2 N–H and O–H groups in total. The summed E-state index contributed by atoms with van der Waals surface area (Å²) in [5.41, 5.74) is 6.88. The Kier molecular flexibility index (Phi) is 6.00. The fourth-order valence-corrected chi connectivity index (χ4v) is 4.23. The van der Waals surface area contributed by atoms with Crippen molar-refractivity contribution in [2.24, 2.45) is 0 Å². The molecule has 0 aliphatic carbocycles. The fourth-order valence-electron chi connectivity index (χ4n) is 1.91. The molecule has 0 aliphatic rings. The molecule has 0 saturated heterocycles. The molecule has 0 heterocycles. The van der Waals surface area contributed by atoms with Crippen LogP contribution in [0, 0.1) is 6.92 Å². The molecule has 0 spiro atoms. The van der Waals surface area contributed by atoms with E-state index >= 15 is 0 Å². The van der Waals surface area contributed by atoms with Crippen LogP contribution in [0.5, 0.6) is 0 Å². The average molecular weight is 365 g/mol. The number of methoxy groups -OCH3 is 1. The quantitative estimate of drug-likeness (QED) is 0.786. The van der Waals surface area contributed by atoms with Crippen molar-refractivity contribution < 1.29 is 13.2 Å². The van der Waals surface area contributed by atoms with E-state index in [1.807, 2.05) is 13.8 Å². The number of sulfonamides is 1. The molecule has 1 rings (SSSR count). The van der Waals surface area contributed by atoms with Crippen LogP contribution >= 0.6 is 15.9 Å². The Morgan fingerprint density at radius 2 is 2.00 bits per heavy atom. The Balaban J connectivity index is 3.29. The number of halogens is 1. The highest BCUT2D eigenvalue weighted by Gasteiger charge is 2.28. The molecule has 0 unspecified atom stereocenters. The summed E-state index contributed by atoms with van der Waals surface area (Å²) in [6.45, 7) is 6.09. The molecule has 1 aromatic carbocycles. The van der Waals surface area contributed by atoms with E-state index in [0.717, 1.165) is 0 Å². The third kappa shape index (κ3) is 3.72. The fraction of sp³-hybridized carbons (Fsp3) is 0.538. The number of nitrogens with zero attached hydrogens (tertiary/aromatic N) is 1. The average Bonchev–Trinajstić information content (AvgIpc) is 2.33. The predicted octanol–water partition coefficient (Wildman–Crippen LogP) is 2.39. The number of nitrogens with two attached hydrogens (primary N) is 1. The zero-order valence-corrected chi connectivity index (χ0v) is 14.6. The van der Waals surface area contributed by atoms with Gasteiger partial charge in [-0.3, -0.25) is 0 Å². The Hall–Kier alpha value is -0.630. The minimum Gasteiger partial charge on any atom is -0.398 e. The Bertz CT molecular complexity index is 573. The van der Waals surface area contributed by atoms with E-state index in [-0.39, 0.29) is 10.9 Å². The third-order valence-corrected chi connectivity index (χ3v) is 5.88. The number of aryl methyl sites for hydroxylation is 1. The van der Waals surface area contributed by atoms with Gasteiger partial charge in [-0.2, -0.15) is 4.31 Å². The second kappa shape index (κ2) is 6.89. The van der Waals surface area contributed by atoms with Crippen LogP contribution in [-0.4, -0.2) is 39.0 Å². The summed E-state index contributed by atoms with van der Waals surface area (Å²) in [4.78, 5) is 0.239. The molecule has 7 heteroatoms. The van der Waals surface area contributed by atoms with Crippen LogP contribution < -0.4 is 5.73 Å². The van der Waals surface area contributed by atoms with Crippen molar-refractivity contribution in [3.05, 3.63) is 22.2 Å². The van der Waals surface area contributed by atoms with Crippen LogP contribution in [0.3, 0.4) is 0 Å². The number of benzene rings is 1. The predicted molar refractivity (Wildman–Crippen MR) is 84.2 cm³/mol. The largest absolute Gasteiger partial charge is 0.398 e. The third-order valence-electron chi connectivity index (χ3n) is 2.97. The number of ether oxygens (including phenoxy) is 1. The highest BCUT2D eigenvalue weighted by molar-refractivity contribution is 9.10. The molecule has 0 aromatic heterocycles. The van der Waals surface area contributed by atoms with Crippen LogP contribution in [0.4, 0.5) is 5.69 Å². The van der Waals surface area contributed by atoms with Gasteiger partial charge in [0.15, 0.2) is 0 Å². The zero-order valence-electron chi connectivity index (χ0n) is 12.2. The van der Waals surface area contributed by atoms with E-state index in [9.17, 15) is 8.42 Å². The van der Waals surface area contributed by atoms with Gasteiger partial charge in [-0.1, -0.05) is 0 Å². The SMILES string of the molecule is COCCN(C(C)C)S(=O)(=O)c1cc(N)c(Br)cc1C. The lowest BCUT2D eigenvalue weighted by Crippen LogP contribution is -2.39. The van der Waals surface area contributed by atoms with E-state index < -0.39 is 10.0 Å². The van der Waals surface area contributed by atoms with Crippen LogP contribution in [-0.2, 0) is 14.8 Å². The number of nitrogen functional groups attached to an aromatic ring is 1. The van der Waals surface area contributed by atoms with E-state index in [4.69, 9.17) is 10.5 Å². The van der Waals surface area contributed by atoms with Crippen LogP contribution in [0.2, 0.25) is 0 Å². The van der Waals surface area contributed by atoms with Crippen molar-refractivity contribution >= 4 is 31.6 Å². The topological polar surface area (TPSA) is 72.6 Å². The summed E-state index contributed by atoms with van der Waals surface area (Å²) in [6.07, 6.45) is 0. The molecule has 0 saturated carbocycles. The Labute approximate surface area is 129 Å². The van der Waals surface area contributed by atoms with Crippen molar-refractivity contribution in [3.8, 4) is 0 Å². The lowest BCUT2D eigenvalue weighted by molar-refractivity contribution is 0.171. The molecule has 1 aromatic rings. The van der Waals surface area contributed by atoms with Crippen molar-refractivity contribution in [1.29, 1.82) is 0 Å².